The Hall–Kier alpha value is -2.15. The molecule has 0 spiro atoms. The zero-order chi connectivity index (χ0) is 15.4. The third kappa shape index (κ3) is 4.16. The quantitative estimate of drug-likeness (QED) is 0.884. The Morgan fingerprint density at radius 1 is 1.43 bits per heavy atom. The molecule has 2 rings (SSSR count). The van der Waals surface area contributed by atoms with E-state index in [0.717, 1.165) is 10.8 Å². The number of thiazole rings is 1. The fourth-order valence-electron chi connectivity index (χ4n) is 1.73. The molecule has 0 aromatic carbocycles. The third-order valence-corrected chi connectivity index (χ3v) is 3.83. The van der Waals surface area contributed by atoms with Crippen molar-refractivity contribution in [3.8, 4) is 10.8 Å². The summed E-state index contributed by atoms with van der Waals surface area (Å²) in [6, 6.07) is 3.71. The minimum absolute atomic E-state index is 0.0593. The topological polar surface area (TPSA) is 83.6 Å². The van der Waals surface area contributed by atoms with Gasteiger partial charge in [-0.25, -0.2) is 4.98 Å². The average Bonchev–Trinajstić information content (AvgIpc) is 3.04. The Labute approximate surface area is 126 Å². The van der Waals surface area contributed by atoms with Gasteiger partial charge in [-0.1, -0.05) is 0 Å². The maximum absolute atomic E-state index is 11.9. The molecular formula is C14H16N2O4S. The lowest BCUT2D eigenvalue weighted by Crippen LogP contribution is -2.30. The van der Waals surface area contributed by atoms with E-state index in [4.69, 9.17) is 9.52 Å². The van der Waals surface area contributed by atoms with Crippen LogP contribution in [0.1, 0.15) is 17.9 Å². The van der Waals surface area contributed by atoms with Crippen molar-refractivity contribution < 1.29 is 19.1 Å². The predicted molar refractivity (Wildman–Crippen MR) is 78.1 cm³/mol. The molecule has 0 atom stereocenters. The number of carboxylic acid groups (broad SMARTS) is 1. The molecule has 0 fully saturated rings. The van der Waals surface area contributed by atoms with Crippen LogP contribution in [0, 0.1) is 6.92 Å². The smallest absolute Gasteiger partial charge is 0.305 e. The van der Waals surface area contributed by atoms with Crippen LogP contribution in [0.3, 0.4) is 0 Å². The summed E-state index contributed by atoms with van der Waals surface area (Å²) in [7, 11) is 1.59. The number of carbonyl (C=O) groups is 2. The molecule has 1 N–H and O–H groups in total. The van der Waals surface area contributed by atoms with Crippen molar-refractivity contribution in [2.45, 2.75) is 19.8 Å². The van der Waals surface area contributed by atoms with E-state index in [1.807, 2.05) is 24.4 Å². The van der Waals surface area contributed by atoms with Crippen LogP contribution >= 0.6 is 11.3 Å². The van der Waals surface area contributed by atoms with E-state index in [-0.39, 0.29) is 25.3 Å². The van der Waals surface area contributed by atoms with Crippen molar-refractivity contribution in [3.63, 3.8) is 0 Å². The summed E-state index contributed by atoms with van der Waals surface area (Å²) in [4.78, 5) is 28.2. The zero-order valence-electron chi connectivity index (χ0n) is 11.8. The molecule has 21 heavy (non-hydrogen) atoms. The number of aromatic nitrogens is 1. The third-order valence-electron chi connectivity index (χ3n) is 2.92. The maximum Gasteiger partial charge on any atom is 0.305 e. The molecule has 1 amide bonds. The molecular weight excluding hydrogens is 292 g/mol. The number of aryl methyl sites for hydroxylation is 1. The number of hydrogen-bond acceptors (Lipinski definition) is 5. The van der Waals surface area contributed by atoms with E-state index < -0.39 is 5.97 Å². The summed E-state index contributed by atoms with van der Waals surface area (Å²) < 4.78 is 5.49. The van der Waals surface area contributed by atoms with Crippen molar-refractivity contribution in [2.24, 2.45) is 0 Å². The number of carboxylic acids is 1. The molecule has 6 nitrogen and oxygen atoms in total. The normalized spacial score (nSPS) is 10.6. The summed E-state index contributed by atoms with van der Waals surface area (Å²) in [6.45, 7) is 2.06. The van der Waals surface area contributed by atoms with Gasteiger partial charge in [0.05, 0.1) is 18.5 Å². The van der Waals surface area contributed by atoms with E-state index in [0.29, 0.717) is 11.5 Å². The van der Waals surface area contributed by atoms with Crippen LogP contribution in [-0.2, 0) is 16.0 Å². The van der Waals surface area contributed by atoms with Gasteiger partial charge in [0.15, 0.2) is 10.8 Å². The Morgan fingerprint density at radius 2 is 2.19 bits per heavy atom. The van der Waals surface area contributed by atoms with Gasteiger partial charge in [0, 0.05) is 19.0 Å². The first-order valence-electron chi connectivity index (χ1n) is 6.42. The van der Waals surface area contributed by atoms with Crippen molar-refractivity contribution in [3.05, 3.63) is 29.0 Å². The fourth-order valence-corrected chi connectivity index (χ4v) is 2.51. The molecule has 2 heterocycles. The number of hydrogen-bond donors (Lipinski definition) is 1. The molecule has 0 saturated heterocycles. The molecule has 0 aliphatic carbocycles. The number of amides is 1. The average molecular weight is 308 g/mol. The van der Waals surface area contributed by atoms with Crippen LogP contribution in [0.2, 0.25) is 0 Å². The lowest BCUT2D eigenvalue weighted by atomic mass is 10.3. The van der Waals surface area contributed by atoms with Gasteiger partial charge in [0.1, 0.15) is 5.76 Å². The van der Waals surface area contributed by atoms with Gasteiger partial charge in [-0.15, -0.1) is 11.3 Å². The maximum atomic E-state index is 11.9. The molecule has 0 aliphatic rings. The summed E-state index contributed by atoms with van der Waals surface area (Å²) in [5, 5.41) is 11.2. The van der Waals surface area contributed by atoms with Crippen LogP contribution < -0.4 is 0 Å². The van der Waals surface area contributed by atoms with E-state index in [1.54, 1.807) is 7.05 Å². The minimum atomic E-state index is -0.918. The first-order valence-corrected chi connectivity index (χ1v) is 7.30. The van der Waals surface area contributed by atoms with Crippen LogP contribution in [-0.4, -0.2) is 40.5 Å². The predicted octanol–water partition coefficient (Wildman–Crippen LogP) is 2.19. The summed E-state index contributed by atoms with van der Waals surface area (Å²) in [6.07, 6.45) is 0.0997. The van der Waals surface area contributed by atoms with Crippen molar-refractivity contribution >= 4 is 23.2 Å². The number of rotatable bonds is 6. The fraction of sp³-hybridized carbons (Fsp3) is 0.357. The van der Waals surface area contributed by atoms with Gasteiger partial charge in [-0.05, 0) is 19.1 Å². The highest BCUT2D eigenvalue weighted by Crippen LogP contribution is 2.25. The summed E-state index contributed by atoms with van der Waals surface area (Å²) >= 11 is 1.42. The highest BCUT2D eigenvalue weighted by Gasteiger charge is 2.14. The highest BCUT2D eigenvalue weighted by atomic mass is 32.1. The van der Waals surface area contributed by atoms with Crippen molar-refractivity contribution in [2.75, 3.05) is 13.6 Å². The summed E-state index contributed by atoms with van der Waals surface area (Å²) in [5.74, 6) is 0.434. The van der Waals surface area contributed by atoms with Gasteiger partial charge in [0.25, 0.3) is 0 Å². The molecule has 0 saturated carbocycles. The Kier molecular flexibility index (Phi) is 4.74. The molecule has 2 aromatic heterocycles. The van der Waals surface area contributed by atoms with E-state index in [2.05, 4.69) is 4.98 Å². The molecule has 0 unspecified atom stereocenters. The summed E-state index contributed by atoms with van der Waals surface area (Å²) in [5.41, 5.74) is 0.663. The van der Waals surface area contributed by atoms with E-state index in [9.17, 15) is 9.59 Å². The molecule has 7 heteroatoms. The Bertz CT molecular complexity index is 647. The van der Waals surface area contributed by atoms with Crippen LogP contribution in [0.5, 0.6) is 0 Å². The second-order valence-electron chi connectivity index (χ2n) is 4.69. The number of aliphatic carboxylic acids is 1. The van der Waals surface area contributed by atoms with Crippen LogP contribution in [0.25, 0.3) is 10.8 Å². The number of carbonyl (C=O) groups excluding carboxylic acids is 1. The molecule has 2 aromatic rings. The monoisotopic (exact) mass is 308 g/mol. The second-order valence-corrected chi connectivity index (χ2v) is 5.55. The van der Waals surface area contributed by atoms with E-state index in [1.165, 1.54) is 16.2 Å². The minimum Gasteiger partial charge on any atom is -0.481 e. The number of nitrogens with zero attached hydrogens (tertiary/aromatic N) is 2. The van der Waals surface area contributed by atoms with Gasteiger partial charge in [-0.2, -0.15) is 0 Å². The van der Waals surface area contributed by atoms with Crippen LogP contribution in [0.15, 0.2) is 21.9 Å². The lowest BCUT2D eigenvalue weighted by Gasteiger charge is -2.14. The first kappa shape index (κ1) is 15.2. The molecule has 0 radical (unpaired) electrons. The molecule has 0 bridgehead atoms. The lowest BCUT2D eigenvalue weighted by molar-refractivity contribution is -0.138. The Balaban J connectivity index is 1.96. The molecule has 112 valence electrons. The van der Waals surface area contributed by atoms with Gasteiger partial charge in [-0.3, -0.25) is 9.59 Å². The zero-order valence-corrected chi connectivity index (χ0v) is 12.6. The standard InChI is InChI=1S/C14H16N2O4S/c1-9-3-4-11(20-9)14-15-10(8-21-14)7-12(17)16(2)6-5-13(18)19/h3-4,8H,5-7H2,1-2H3,(H,18,19). The van der Waals surface area contributed by atoms with Crippen molar-refractivity contribution in [1.82, 2.24) is 9.88 Å². The van der Waals surface area contributed by atoms with Gasteiger partial charge in [0.2, 0.25) is 5.91 Å². The van der Waals surface area contributed by atoms with Gasteiger partial charge < -0.3 is 14.4 Å². The SMILES string of the molecule is Cc1ccc(-c2nc(CC(=O)N(C)CCC(=O)O)cs2)o1. The van der Waals surface area contributed by atoms with Crippen LogP contribution in [0.4, 0.5) is 0 Å². The first-order chi connectivity index (χ1) is 9.95. The number of likely N-dealkylation sites (N-methyl/N-ethyl adjacent to an activating group) is 1. The van der Waals surface area contributed by atoms with E-state index >= 15 is 0 Å². The molecule has 0 aliphatic heterocycles. The number of furan rings is 1. The Morgan fingerprint density at radius 3 is 2.81 bits per heavy atom. The van der Waals surface area contributed by atoms with Gasteiger partial charge >= 0.3 is 5.97 Å². The second kappa shape index (κ2) is 6.53. The highest BCUT2D eigenvalue weighted by molar-refractivity contribution is 7.13. The van der Waals surface area contributed by atoms with Crippen molar-refractivity contribution in [1.29, 1.82) is 0 Å². The largest absolute Gasteiger partial charge is 0.481 e.